The van der Waals surface area contributed by atoms with Crippen molar-refractivity contribution >= 4 is 17.3 Å². The van der Waals surface area contributed by atoms with Gasteiger partial charge in [-0.2, -0.15) is 0 Å². The Morgan fingerprint density at radius 3 is 2.76 bits per heavy atom. The van der Waals surface area contributed by atoms with E-state index in [0.29, 0.717) is 5.92 Å². The van der Waals surface area contributed by atoms with Crippen molar-refractivity contribution in [3.63, 3.8) is 0 Å². The lowest BCUT2D eigenvalue weighted by Gasteiger charge is -2.31. The number of guanidine groups is 1. The van der Waals surface area contributed by atoms with Crippen LogP contribution in [-0.2, 0) is 6.42 Å². The minimum absolute atomic E-state index is 0.576. The van der Waals surface area contributed by atoms with Gasteiger partial charge in [-0.25, -0.2) is 0 Å². The summed E-state index contributed by atoms with van der Waals surface area (Å²) in [6.07, 6.45) is 5.07. The molecule has 0 radical (unpaired) electrons. The second-order valence-electron chi connectivity index (χ2n) is 7.20. The SMILES string of the molecule is CCNC(=NCC(C)Cc1cccs1)NCCC1CCN(CC)CC1. The maximum atomic E-state index is 4.79. The van der Waals surface area contributed by atoms with E-state index in [1.54, 1.807) is 0 Å². The van der Waals surface area contributed by atoms with Gasteiger partial charge in [0.15, 0.2) is 5.96 Å². The molecule has 25 heavy (non-hydrogen) atoms. The topological polar surface area (TPSA) is 39.7 Å². The van der Waals surface area contributed by atoms with Gasteiger partial charge in [0.05, 0.1) is 0 Å². The lowest BCUT2D eigenvalue weighted by atomic mass is 9.93. The van der Waals surface area contributed by atoms with Crippen molar-refractivity contribution in [1.29, 1.82) is 0 Å². The van der Waals surface area contributed by atoms with Gasteiger partial charge in [-0.1, -0.05) is 19.9 Å². The molecule has 4 nitrogen and oxygen atoms in total. The molecule has 0 aromatic carbocycles. The van der Waals surface area contributed by atoms with E-state index in [9.17, 15) is 0 Å². The lowest BCUT2D eigenvalue weighted by molar-refractivity contribution is 0.187. The number of nitrogens with zero attached hydrogens (tertiary/aromatic N) is 2. The first-order chi connectivity index (χ1) is 12.2. The molecule has 0 aliphatic carbocycles. The molecule has 0 amide bonds. The largest absolute Gasteiger partial charge is 0.357 e. The van der Waals surface area contributed by atoms with E-state index in [2.05, 4.69) is 53.8 Å². The van der Waals surface area contributed by atoms with Crippen molar-refractivity contribution in [3.05, 3.63) is 22.4 Å². The Hall–Kier alpha value is -1.07. The van der Waals surface area contributed by atoms with Gasteiger partial charge in [-0.3, -0.25) is 4.99 Å². The molecule has 1 unspecified atom stereocenters. The van der Waals surface area contributed by atoms with E-state index >= 15 is 0 Å². The van der Waals surface area contributed by atoms with Crippen LogP contribution in [0.25, 0.3) is 0 Å². The lowest BCUT2D eigenvalue weighted by Crippen LogP contribution is -2.39. The summed E-state index contributed by atoms with van der Waals surface area (Å²) in [5.74, 6) is 2.43. The predicted molar refractivity (Wildman–Crippen MR) is 111 cm³/mol. The Kier molecular flexibility index (Phi) is 9.33. The molecule has 1 aromatic rings. The van der Waals surface area contributed by atoms with Crippen LogP contribution in [0.2, 0.25) is 0 Å². The first-order valence-corrected chi connectivity index (χ1v) is 10.9. The average molecular weight is 365 g/mol. The normalized spacial score (nSPS) is 18.3. The second kappa shape index (κ2) is 11.5. The van der Waals surface area contributed by atoms with E-state index in [-0.39, 0.29) is 0 Å². The second-order valence-corrected chi connectivity index (χ2v) is 8.23. The third-order valence-electron chi connectivity index (χ3n) is 5.03. The highest BCUT2D eigenvalue weighted by Gasteiger charge is 2.17. The van der Waals surface area contributed by atoms with Crippen LogP contribution in [0.3, 0.4) is 0 Å². The van der Waals surface area contributed by atoms with Gasteiger partial charge in [0.2, 0.25) is 0 Å². The highest BCUT2D eigenvalue weighted by atomic mass is 32.1. The number of likely N-dealkylation sites (tertiary alicyclic amines) is 1. The van der Waals surface area contributed by atoms with Crippen LogP contribution >= 0.6 is 11.3 Å². The van der Waals surface area contributed by atoms with Gasteiger partial charge in [0, 0.05) is 24.5 Å². The van der Waals surface area contributed by atoms with Crippen molar-refractivity contribution in [2.75, 3.05) is 39.3 Å². The predicted octanol–water partition coefficient (Wildman–Crippen LogP) is 3.60. The van der Waals surface area contributed by atoms with Crippen LogP contribution < -0.4 is 10.6 Å². The number of rotatable bonds is 9. The summed E-state index contributed by atoms with van der Waals surface area (Å²) < 4.78 is 0. The molecule has 0 spiro atoms. The summed E-state index contributed by atoms with van der Waals surface area (Å²) in [4.78, 5) is 8.81. The van der Waals surface area contributed by atoms with Gasteiger partial charge < -0.3 is 15.5 Å². The maximum Gasteiger partial charge on any atom is 0.191 e. The van der Waals surface area contributed by atoms with E-state index in [4.69, 9.17) is 4.99 Å². The van der Waals surface area contributed by atoms with Crippen LogP contribution in [-0.4, -0.2) is 50.1 Å². The Bertz CT molecular complexity index is 478. The van der Waals surface area contributed by atoms with E-state index in [0.717, 1.165) is 37.9 Å². The number of aliphatic imine (C=N–C) groups is 1. The monoisotopic (exact) mass is 364 g/mol. The minimum atomic E-state index is 0.576. The fourth-order valence-electron chi connectivity index (χ4n) is 3.41. The molecular weight excluding hydrogens is 328 g/mol. The number of nitrogens with one attached hydrogen (secondary N) is 2. The van der Waals surface area contributed by atoms with Crippen molar-refractivity contribution < 1.29 is 0 Å². The van der Waals surface area contributed by atoms with Gasteiger partial charge in [-0.05, 0) is 75.5 Å². The van der Waals surface area contributed by atoms with Crippen LogP contribution in [0.1, 0.15) is 44.9 Å². The van der Waals surface area contributed by atoms with Gasteiger partial charge >= 0.3 is 0 Å². The zero-order valence-electron chi connectivity index (χ0n) is 16.3. The summed E-state index contributed by atoms with van der Waals surface area (Å²) in [6.45, 7) is 13.3. The minimum Gasteiger partial charge on any atom is -0.357 e. The standard InChI is InChI=1S/C20H36N4S/c1-4-21-20(23-16-17(3)15-19-7-6-14-25-19)22-11-8-18-9-12-24(5-2)13-10-18/h6-7,14,17-18H,4-5,8-13,15-16H2,1-3H3,(H2,21,22,23). The Morgan fingerprint density at radius 1 is 1.32 bits per heavy atom. The van der Waals surface area contributed by atoms with Crippen molar-refractivity contribution in [2.45, 2.75) is 46.5 Å². The van der Waals surface area contributed by atoms with Crippen LogP contribution in [0.15, 0.2) is 22.5 Å². The fraction of sp³-hybridized carbons (Fsp3) is 0.750. The molecule has 0 bridgehead atoms. The number of hydrogen-bond donors (Lipinski definition) is 2. The smallest absolute Gasteiger partial charge is 0.191 e. The van der Waals surface area contributed by atoms with Gasteiger partial charge in [0.25, 0.3) is 0 Å². The Balaban J connectivity index is 1.68. The molecule has 2 rings (SSSR count). The fourth-order valence-corrected chi connectivity index (χ4v) is 4.28. The number of thiophene rings is 1. The first kappa shape index (κ1) is 20.2. The third-order valence-corrected chi connectivity index (χ3v) is 5.93. The molecule has 1 saturated heterocycles. The number of piperidine rings is 1. The van der Waals surface area contributed by atoms with Crippen LogP contribution in [0.4, 0.5) is 0 Å². The summed E-state index contributed by atoms with van der Waals surface area (Å²) in [6, 6.07) is 4.35. The highest BCUT2D eigenvalue weighted by molar-refractivity contribution is 7.09. The Morgan fingerprint density at radius 2 is 2.12 bits per heavy atom. The molecule has 0 saturated carbocycles. The van der Waals surface area contributed by atoms with Crippen LogP contribution in [0, 0.1) is 11.8 Å². The van der Waals surface area contributed by atoms with Crippen molar-refractivity contribution in [3.8, 4) is 0 Å². The zero-order valence-corrected chi connectivity index (χ0v) is 17.1. The molecular formula is C20H36N4S. The summed E-state index contributed by atoms with van der Waals surface area (Å²) in [5, 5.41) is 9.07. The van der Waals surface area contributed by atoms with Gasteiger partial charge in [-0.15, -0.1) is 11.3 Å². The molecule has 5 heteroatoms. The first-order valence-electron chi connectivity index (χ1n) is 9.98. The summed E-state index contributed by atoms with van der Waals surface area (Å²) in [5.41, 5.74) is 0. The third kappa shape index (κ3) is 7.78. The van der Waals surface area contributed by atoms with Crippen LogP contribution in [0.5, 0.6) is 0 Å². The molecule has 1 aliphatic heterocycles. The molecule has 1 atom stereocenters. The molecule has 1 aromatic heterocycles. The van der Waals surface area contributed by atoms with Crippen molar-refractivity contribution in [2.24, 2.45) is 16.8 Å². The number of hydrogen-bond acceptors (Lipinski definition) is 3. The van der Waals surface area contributed by atoms with Gasteiger partial charge in [0.1, 0.15) is 0 Å². The van der Waals surface area contributed by atoms with Crippen molar-refractivity contribution in [1.82, 2.24) is 15.5 Å². The quantitative estimate of drug-likeness (QED) is 0.519. The Labute approximate surface area is 158 Å². The molecule has 2 heterocycles. The molecule has 2 N–H and O–H groups in total. The zero-order chi connectivity index (χ0) is 17.9. The van der Waals surface area contributed by atoms with E-state index < -0.39 is 0 Å². The average Bonchev–Trinajstić information content (AvgIpc) is 3.13. The summed E-state index contributed by atoms with van der Waals surface area (Å²) in [7, 11) is 0. The summed E-state index contributed by atoms with van der Waals surface area (Å²) >= 11 is 1.84. The van der Waals surface area contributed by atoms with E-state index in [1.165, 1.54) is 43.8 Å². The van der Waals surface area contributed by atoms with E-state index in [1.807, 2.05) is 11.3 Å². The molecule has 1 fully saturated rings. The maximum absolute atomic E-state index is 4.79. The molecule has 1 aliphatic rings. The highest BCUT2D eigenvalue weighted by Crippen LogP contribution is 2.19. The molecule has 142 valence electrons.